The fourth-order valence-electron chi connectivity index (χ4n) is 5.24. The van der Waals surface area contributed by atoms with Crippen molar-refractivity contribution in [1.82, 2.24) is 0 Å². The molecule has 6 atom stereocenters. The molecule has 0 spiro atoms. The first-order chi connectivity index (χ1) is 15.3. The molecule has 0 aromatic heterocycles. The van der Waals surface area contributed by atoms with Gasteiger partial charge in [0.15, 0.2) is 0 Å². The van der Waals surface area contributed by atoms with E-state index < -0.39 is 53.4 Å². The molecule has 0 bridgehead atoms. The molecule has 0 radical (unpaired) electrons. The number of aliphatic hydroxyl groups excluding tert-OH is 2. The predicted octanol–water partition coefficient (Wildman–Crippen LogP) is 2.01. The minimum atomic E-state index is -1.25. The minimum absolute atomic E-state index is 0.0906. The number of carbonyl (C=O) groups is 2. The summed E-state index contributed by atoms with van der Waals surface area (Å²) in [5.74, 6) is -3.42. The molecule has 1 saturated heterocycles. The second kappa shape index (κ2) is 8.96. The summed E-state index contributed by atoms with van der Waals surface area (Å²) in [4.78, 5) is 32.4. The summed E-state index contributed by atoms with van der Waals surface area (Å²) in [6.07, 6.45) is 4.83. The average Bonchev–Trinajstić information content (AvgIpc) is 3.01. The van der Waals surface area contributed by atoms with Gasteiger partial charge in [0.2, 0.25) is 11.8 Å². The van der Waals surface area contributed by atoms with Crippen LogP contribution in [0.5, 0.6) is 0 Å². The van der Waals surface area contributed by atoms with Crippen LogP contribution in [0, 0.1) is 47.6 Å². The maximum Gasteiger partial charge on any atom is 0.238 e. The van der Waals surface area contributed by atoms with Crippen molar-refractivity contribution in [3.8, 4) is 12.3 Å². The summed E-state index contributed by atoms with van der Waals surface area (Å²) in [6.45, 7) is 0.296. The van der Waals surface area contributed by atoms with E-state index in [4.69, 9.17) is 11.3 Å². The van der Waals surface area contributed by atoms with Gasteiger partial charge in [-0.15, -0.1) is 12.3 Å². The van der Waals surface area contributed by atoms with Gasteiger partial charge in [0, 0.05) is 30.7 Å². The van der Waals surface area contributed by atoms with Gasteiger partial charge in [-0.05, 0) is 31.4 Å². The van der Waals surface area contributed by atoms with Gasteiger partial charge < -0.3 is 15.1 Å². The third kappa shape index (κ3) is 3.78. The molecule has 1 heterocycles. The van der Waals surface area contributed by atoms with Gasteiger partial charge in [-0.25, -0.2) is 13.7 Å². The quantitative estimate of drug-likeness (QED) is 0.312. The van der Waals surface area contributed by atoms with Crippen molar-refractivity contribution in [1.29, 1.82) is 0 Å². The summed E-state index contributed by atoms with van der Waals surface area (Å²) in [5, 5.41) is 25.3. The van der Waals surface area contributed by atoms with E-state index in [1.54, 1.807) is 0 Å². The van der Waals surface area contributed by atoms with Crippen LogP contribution < -0.4 is 4.90 Å². The minimum Gasteiger partial charge on any atom is -0.396 e. The Morgan fingerprint density at radius 3 is 2.66 bits per heavy atom. The summed E-state index contributed by atoms with van der Waals surface area (Å²) in [5.41, 5.74) is 0.211. The lowest BCUT2D eigenvalue weighted by Gasteiger charge is -2.45. The van der Waals surface area contributed by atoms with Gasteiger partial charge in [0.1, 0.15) is 18.2 Å². The smallest absolute Gasteiger partial charge is 0.238 e. The van der Waals surface area contributed by atoms with Gasteiger partial charge in [-0.3, -0.25) is 9.59 Å². The van der Waals surface area contributed by atoms with Crippen molar-refractivity contribution in [2.75, 3.05) is 11.5 Å². The second-order valence-electron chi connectivity index (χ2n) is 8.49. The van der Waals surface area contributed by atoms with Crippen molar-refractivity contribution in [3.05, 3.63) is 29.8 Å². The Morgan fingerprint density at radius 2 is 1.94 bits per heavy atom. The lowest BCUT2D eigenvalue weighted by molar-refractivity contribution is -0.132. The van der Waals surface area contributed by atoms with Gasteiger partial charge in [-0.1, -0.05) is 5.16 Å². The maximum atomic E-state index is 14.4. The van der Waals surface area contributed by atoms with E-state index >= 15 is 0 Å². The van der Waals surface area contributed by atoms with Crippen molar-refractivity contribution in [3.63, 3.8) is 0 Å². The summed E-state index contributed by atoms with van der Waals surface area (Å²) >= 11 is 0. The number of hydrogen-bond acceptors (Lipinski definition) is 6. The molecule has 2 saturated carbocycles. The number of carbonyl (C=O) groups excluding carboxylic acids is 2. The molecule has 2 amide bonds. The number of aliphatic hydroxyl groups is 2. The number of halogens is 2. The first kappa shape index (κ1) is 22.4. The fourth-order valence-corrected chi connectivity index (χ4v) is 5.24. The first-order valence-corrected chi connectivity index (χ1v) is 10.7. The number of rotatable bonds is 5. The molecule has 32 heavy (non-hydrogen) atoms. The Balaban J connectivity index is 1.62. The molecule has 2 N–H and O–H groups in total. The van der Waals surface area contributed by atoms with Crippen LogP contribution in [0.1, 0.15) is 32.1 Å². The molecule has 1 aliphatic heterocycles. The number of unbranched alkanes of at least 4 members (excludes halogenated alkanes) is 1. The number of anilines is 1. The van der Waals surface area contributed by atoms with Crippen molar-refractivity contribution in [2.24, 2.45) is 28.8 Å². The van der Waals surface area contributed by atoms with E-state index in [-0.39, 0.29) is 18.0 Å². The van der Waals surface area contributed by atoms with Crippen LogP contribution in [0.15, 0.2) is 23.4 Å². The Morgan fingerprint density at radius 1 is 1.19 bits per heavy atom. The zero-order valence-corrected chi connectivity index (χ0v) is 17.3. The number of fused-ring (bicyclic) bond motifs is 3. The van der Waals surface area contributed by atoms with E-state index in [9.17, 15) is 28.6 Å². The third-order valence-corrected chi connectivity index (χ3v) is 6.67. The number of nitrogens with zero attached hydrogens (tertiary/aromatic N) is 2. The molecule has 9 heteroatoms. The van der Waals surface area contributed by atoms with Gasteiger partial charge in [0.05, 0.1) is 35.4 Å². The van der Waals surface area contributed by atoms with E-state index in [2.05, 4.69) is 11.1 Å². The predicted molar refractivity (Wildman–Crippen MR) is 110 cm³/mol. The van der Waals surface area contributed by atoms with E-state index in [0.717, 1.165) is 17.0 Å². The monoisotopic (exact) mass is 446 g/mol. The molecule has 170 valence electrons. The summed E-state index contributed by atoms with van der Waals surface area (Å²) in [6, 6.07) is 2.64. The van der Waals surface area contributed by atoms with Crippen LogP contribution in [-0.2, 0) is 14.4 Å². The van der Waals surface area contributed by atoms with E-state index in [0.29, 0.717) is 44.1 Å². The van der Waals surface area contributed by atoms with Crippen molar-refractivity contribution in [2.45, 2.75) is 44.3 Å². The number of hydrogen-bond donors (Lipinski definition) is 2. The zero-order chi connectivity index (χ0) is 23.0. The number of benzene rings is 1. The van der Waals surface area contributed by atoms with E-state index in [1.807, 2.05) is 0 Å². The van der Waals surface area contributed by atoms with Crippen LogP contribution in [0.2, 0.25) is 0 Å². The van der Waals surface area contributed by atoms with Gasteiger partial charge >= 0.3 is 0 Å². The maximum absolute atomic E-state index is 14.4. The molecule has 1 aromatic carbocycles. The first-order valence-electron chi connectivity index (χ1n) is 10.7. The standard InChI is InChI=1S/C23H24F2N2O5/c1-2-3-4-9-32-26-16-11-18(28)21(29)19-13(16)6-7-14-20(19)23(31)27(22(14)30)17-8-5-12(24)10-15(17)25/h1,5,8,10,13-14,18-21,28-29H,3-4,6-7,9,11H2/t13-,14+,18+,19+,20+,21-/m0/s1. The molecule has 2 aliphatic carbocycles. The SMILES string of the molecule is C#CCCCON=C1C[C@@H](O)[C@H](O)[C@H]2[C@@H]3C(=O)N(c4ccc(F)cc4F)C(=O)[C@@H]3CC[C@@H]12. The van der Waals surface area contributed by atoms with Crippen LogP contribution in [0.4, 0.5) is 14.5 Å². The molecule has 3 fully saturated rings. The number of oxime groups is 1. The van der Waals surface area contributed by atoms with Gasteiger partial charge in [-0.2, -0.15) is 0 Å². The highest BCUT2D eigenvalue weighted by Crippen LogP contribution is 2.50. The fraction of sp³-hybridized carbons (Fsp3) is 0.522. The highest BCUT2D eigenvalue weighted by molar-refractivity contribution is 6.22. The molecule has 3 aliphatic rings. The van der Waals surface area contributed by atoms with Crippen molar-refractivity contribution < 1.29 is 33.4 Å². The number of terminal acetylenes is 1. The van der Waals surface area contributed by atoms with Crippen LogP contribution in [0.25, 0.3) is 0 Å². The van der Waals surface area contributed by atoms with Crippen LogP contribution in [0.3, 0.4) is 0 Å². The van der Waals surface area contributed by atoms with Crippen LogP contribution in [-0.4, -0.2) is 46.6 Å². The Hall–Kier alpha value is -2.83. The zero-order valence-electron chi connectivity index (χ0n) is 17.3. The second-order valence-corrected chi connectivity index (χ2v) is 8.49. The molecular weight excluding hydrogens is 422 g/mol. The molecule has 7 nitrogen and oxygen atoms in total. The molecule has 4 rings (SSSR count). The summed E-state index contributed by atoms with van der Waals surface area (Å²) < 4.78 is 27.7. The highest BCUT2D eigenvalue weighted by Gasteiger charge is 2.60. The van der Waals surface area contributed by atoms with Gasteiger partial charge in [0.25, 0.3) is 0 Å². The van der Waals surface area contributed by atoms with Crippen molar-refractivity contribution >= 4 is 23.2 Å². The number of amides is 2. The third-order valence-electron chi connectivity index (χ3n) is 6.67. The van der Waals surface area contributed by atoms with E-state index in [1.165, 1.54) is 0 Å². The van der Waals surface area contributed by atoms with Crippen LogP contribution >= 0.6 is 0 Å². The average molecular weight is 446 g/mol. The Kier molecular flexibility index (Phi) is 6.26. The Bertz CT molecular complexity index is 991. The number of imide groups is 1. The lowest BCUT2D eigenvalue weighted by atomic mass is 9.60. The normalized spacial score (nSPS) is 33.1. The Labute approximate surface area is 184 Å². The molecule has 1 aromatic rings. The molecular formula is C23H24F2N2O5. The summed E-state index contributed by atoms with van der Waals surface area (Å²) in [7, 11) is 0. The molecule has 0 unspecified atom stereocenters. The lowest BCUT2D eigenvalue weighted by Crippen LogP contribution is -2.54. The highest BCUT2D eigenvalue weighted by atomic mass is 19.1. The largest absolute Gasteiger partial charge is 0.396 e. The topological polar surface area (TPSA) is 99.4 Å².